The number of aliphatic hydroxyl groups is 1. The van der Waals surface area contributed by atoms with E-state index in [1.807, 2.05) is 0 Å². The van der Waals surface area contributed by atoms with Crippen molar-refractivity contribution in [1.82, 2.24) is 0 Å². The van der Waals surface area contributed by atoms with Crippen molar-refractivity contribution in [2.45, 2.75) is 19.3 Å². The second kappa shape index (κ2) is 5.51. The van der Waals surface area contributed by atoms with Crippen LogP contribution in [0.4, 0.5) is 0 Å². The lowest BCUT2D eigenvalue weighted by atomic mass is 10.2. The molecule has 0 radical (unpaired) electrons. The van der Waals surface area contributed by atoms with Gasteiger partial charge in [0, 0.05) is 13.0 Å². The minimum Gasteiger partial charge on any atom is -0.396 e. The van der Waals surface area contributed by atoms with Crippen LogP contribution in [0.5, 0.6) is 0 Å². The molecule has 0 rings (SSSR count). The second-order valence-corrected chi connectivity index (χ2v) is 1.85. The predicted molar refractivity (Wildman–Crippen MR) is 36.1 cm³/mol. The Labute approximate surface area is 55.2 Å². The van der Waals surface area contributed by atoms with E-state index in [0.717, 1.165) is 6.42 Å². The van der Waals surface area contributed by atoms with E-state index in [1.54, 1.807) is 0 Å². The summed E-state index contributed by atoms with van der Waals surface area (Å²) in [7, 11) is 0. The lowest BCUT2D eigenvalue weighted by Gasteiger charge is -1.91. The van der Waals surface area contributed by atoms with Crippen molar-refractivity contribution in [3.8, 4) is 0 Å². The molecular weight excluding hydrogens is 116 g/mol. The summed E-state index contributed by atoms with van der Waals surface area (Å²) in [5.74, 6) is 0.0588. The Morgan fingerprint density at radius 3 is 2.67 bits per heavy atom. The van der Waals surface area contributed by atoms with E-state index in [-0.39, 0.29) is 12.4 Å². The molecule has 0 unspecified atom stereocenters. The van der Waals surface area contributed by atoms with E-state index in [9.17, 15) is 4.79 Å². The SMILES string of the molecule is C=CC(=O)CCCCO. The Balaban J connectivity index is 3.07. The van der Waals surface area contributed by atoms with Crippen molar-refractivity contribution >= 4 is 5.78 Å². The Kier molecular flexibility index (Phi) is 5.12. The lowest BCUT2D eigenvalue weighted by molar-refractivity contribution is -0.114. The Hall–Kier alpha value is -0.630. The van der Waals surface area contributed by atoms with Crippen LogP contribution in [-0.2, 0) is 4.79 Å². The molecule has 0 aromatic rings. The number of aliphatic hydroxyl groups excluding tert-OH is 1. The van der Waals surface area contributed by atoms with Gasteiger partial charge in [-0.25, -0.2) is 0 Å². The maximum atomic E-state index is 10.5. The molecule has 0 aromatic carbocycles. The first-order chi connectivity index (χ1) is 4.31. The Morgan fingerprint density at radius 2 is 2.22 bits per heavy atom. The van der Waals surface area contributed by atoms with Crippen LogP contribution in [-0.4, -0.2) is 17.5 Å². The fourth-order valence-electron chi connectivity index (χ4n) is 0.513. The van der Waals surface area contributed by atoms with Crippen LogP contribution in [0, 0.1) is 0 Å². The summed E-state index contributed by atoms with van der Waals surface area (Å²) < 4.78 is 0. The average Bonchev–Trinajstić information content (AvgIpc) is 1.89. The zero-order valence-corrected chi connectivity index (χ0v) is 5.47. The summed E-state index contributed by atoms with van der Waals surface area (Å²) in [5, 5.41) is 8.31. The minimum atomic E-state index is 0.0588. The first-order valence-corrected chi connectivity index (χ1v) is 3.07. The van der Waals surface area contributed by atoms with Gasteiger partial charge in [-0.3, -0.25) is 4.79 Å². The molecule has 0 amide bonds. The molecule has 0 saturated heterocycles. The monoisotopic (exact) mass is 128 g/mol. The summed E-state index contributed by atoms with van der Waals surface area (Å²) >= 11 is 0. The van der Waals surface area contributed by atoms with Gasteiger partial charge in [0.1, 0.15) is 0 Å². The van der Waals surface area contributed by atoms with Crippen molar-refractivity contribution in [3.63, 3.8) is 0 Å². The van der Waals surface area contributed by atoms with E-state index in [4.69, 9.17) is 5.11 Å². The molecule has 9 heavy (non-hydrogen) atoms. The van der Waals surface area contributed by atoms with Crippen LogP contribution in [0.3, 0.4) is 0 Å². The third kappa shape index (κ3) is 5.24. The Bertz CT molecular complexity index is 97.1. The summed E-state index contributed by atoms with van der Waals surface area (Å²) in [6.45, 7) is 3.50. The molecule has 0 saturated carbocycles. The van der Waals surface area contributed by atoms with Gasteiger partial charge in [-0.15, -0.1) is 0 Å². The van der Waals surface area contributed by atoms with Gasteiger partial charge in [-0.1, -0.05) is 6.58 Å². The van der Waals surface area contributed by atoms with E-state index >= 15 is 0 Å². The van der Waals surface area contributed by atoms with Crippen LogP contribution in [0.25, 0.3) is 0 Å². The molecule has 2 nitrogen and oxygen atoms in total. The normalized spacial score (nSPS) is 9.00. The molecule has 0 atom stereocenters. The zero-order valence-electron chi connectivity index (χ0n) is 5.47. The van der Waals surface area contributed by atoms with Gasteiger partial charge in [0.25, 0.3) is 0 Å². The number of carbonyl (C=O) groups excluding carboxylic acids is 1. The van der Waals surface area contributed by atoms with Gasteiger partial charge in [-0.05, 0) is 18.9 Å². The van der Waals surface area contributed by atoms with Gasteiger partial charge in [-0.2, -0.15) is 0 Å². The maximum Gasteiger partial charge on any atom is 0.155 e. The summed E-state index contributed by atoms with van der Waals surface area (Å²) in [4.78, 5) is 10.5. The van der Waals surface area contributed by atoms with Crippen molar-refractivity contribution < 1.29 is 9.90 Å². The fraction of sp³-hybridized carbons (Fsp3) is 0.571. The molecular formula is C7H12O2. The molecule has 0 aliphatic carbocycles. The summed E-state index contributed by atoms with van der Waals surface area (Å²) in [6.07, 6.45) is 3.31. The van der Waals surface area contributed by atoms with Gasteiger partial charge in [0.2, 0.25) is 0 Å². The quantitative estimate of drug-likeness (QED) is 0.441. The Morgan fingerprint density at radius 1 is 1.56 bits per heavy atom. The number of carbonyl (C=O) groups is 1. The number of unbranched alkanes of at least 4 members (excludes halogenated alkanes) is 1. The van der Waals surface area contributed by atoms with E-state index in [0.29, 0.717) is 12.8 Å². The molecule has 0 aliphatic heterocycles. The zero-order chi connectivity index (χ0) is 7.11. The van der Waals surface area contributed by atoms with Gasteiger partial charge in [0.05, 0.1) is 0 Å². The van der Waals surface area contributed by atoms with Crippen molar-refractivity contribution in [1.29, 1.82) is 0 Å². The average molecular weight is 128 g/mol. The maximum absolute atomic E-state index is 10.5. The first-order valence-electron chi connectivity index (χ1n) is 3.07. The van der Waals surface area contributed by atoms with Crippen LogP contribution in [0.1, 0.15) is 19.3 Å². The van der Waals surface area contributed by atoms with Crippen molar-refractivity contribution in [3.05, 3.63) is 12.7 Å². The van der Waals surface area contributed by atoms with E-state index in [1.165, 1.54) is 6.08 Å². The smallest absolute Gasteiger partial charge is 0.155 e. The largest absolute Gasteiger partial charge is 0.396 e. The molecule has 0 bridgehead atoms. The predicted octanol–water partition coefficient (Wildman–Crippen LogP) is 0.904. The molecule has 0 fully saturated rings. The molecule has 52 valence electrons. The number of hydrogen-bond acceptors (Lipinski definition) is 2. The molecule has 1 N–H and O–H groups in total. The third-order valence-corrected chi connectivity index (χ3v) is 1.06. The highest BCUT2D eigenvalue weighted by Gasteiger charge is 1.92. The molecule has 0 heterocycles. The minimum absolute atomic E-state index is 0.0588. The molecule has 0 aromatic heterocycles. The first kappa shape index (κ1) is 8.37. The summed E-state index contributed by atoms with van der Waals surface area (Å²) in [6, 6.07) is 0. The van der Waals surface area contributed by atoms with E-state index < -0.39 is 0 Å². The standard InChI is InChI=1S/C7H12O2/c1-2-7(9)5-3-4-6-8/h2,8H,1,3-6H2. The summed E-state index contributed by atoms with van der Waals surface area (Å²) in [5.41, 5.74) is 0. The molecule has 2 heteroatoms. The van der Waals surface area contributed by atoms with Crippen LogP contribution < -0.4 is 0 Å². The van der Waals surface area contributed by atoms with Gasteiger partial charge < -0.3 is 5.11 Å². The number of hydrogen-bond donors (Lipinski definition) is 1. The highest BCUT2D eigenvalue weighted by Crippen LogP contribution is 1.94. The topological polar surface area (TPSA) is 37.3 Å². The van der Waals surface area contributed by atoms with Gasteiger partial charge >= 0.3 is 0 Å². The third-order valence-electron chi connectivity index (χ3n) is 1.06. The highest BCUT2D eigenvalue weighted by atomic mass is 16.2. The second-order valence-electron chi connectivity index (χ2n) is 1.85. The molecule has 0 aliphatic rings. The van der Waals surface area contributed by atoms with Crippen LogP contribution >= 0.6 is 0 Å². The van der Waals surface area contributed by atoms with Crippen molar-refractivity contribution in [2.75, 3.05) is 6.61 Å². The van der Waals surface area contributed by atoms with Gasteiger partial charge in [0.15, 0.2) is 5.78 Å². The highest BCUT2D eigenvalue weighted by molar-refractivity contribution is 5.88. The lowest BCUT2D eigenvalue weighted by Crippen LogP contribution is -1.92. The number of allylic oxidation sites excluding steroid dienone is 1. The number of ketones is 1. The van der Waals surface area contributed by atoms with E-state index in [2.05, 4.69) is 6.58 Å². The van der Waals surface area contributed by atoms with Crippen LogP contribution in [0.15, 0.2) is 12.7 Å². The molecule has 0 spiro atoms. The van der Waals surface area contributed by atoms with Crippen LogP contribution in [0.2, 0.25) is 0 Å². The number of rotatable bonds is 5. The fourth-order valence-corrected chi connectivity index (χ4v) is 0.513. The van der Waals surface area contributed by atoms with Crippen molar-refractivity contribution in [2.24, 2.45) is 0 Å².